The lowest BCUT2D eigenvalue weighted by molar-refractivity contribution is 0.191. The Morgan fingerprint density at radius 3 is 2.93 bits per heavy atom. The van der Waals surface area contributed by atoms with Gasteiger partial charge in [-0.15, -0.1) is 0 Å². The predicted octanol–water partition coefficient (Wildman–Crippen LogP) is 2.54. The Hall–Kier alpha value is -1.02. The van der Waals surface area contributed by atoms with E-state index in [1.54, 1.807) is 0 Å². The standard InChI is InChI=1S/C13H19NO/c1-4-10-6-5-7-11-12(14-3)9(2)8-15-13(10)11/h5-7,9,12,14H,4,8H2,1-3H3. The van der Waals surface area contributed by atoms with Crippen LogP contribution >= 0.6 is 0 Å². The van der Waals surface area contributed by atoms with Gasteiger partial charge in [0.05, 0.1) is 6.61 Å². The minimum absolute atomic E-state index is 0.431. The lowest BCUT2D eigenvalue weighted by Crippen LogP contribution is -2.32. The van der Waals surface area contributed by atoms with Gasteiger partial charge in [-0.05, 0) is 19.0 Å². The number of nitrogens with one attached hydrogen (secondary N) is 1. The zero-order chi connectivity index (χ0) is 10.8. The molecule has 2 nitrogen and oxygen atoms in total. The van der Waals surface area contributed by atoms with Gasteiger partial charge in [-0.1, -0.05) is 32.0 Å². The zero-order valence-electron chi connectivity index (χ0n) is 9.71. The van der Waals surface area contributed by atoms with Crippen molar-refractivity contribution in [3.8, 4) is 5.75 Å². The summed E-state index contributed by atoms with van der Waals surface area (Å²) in [5.41, 5.74) is 2.63. The second-order valence-electron chi connectivity index (χ2n) is 4.24. The van der Waals surface area contributed by atoms with E-state index in [1.807, 2.05) is 7.05 Å². The molecule has 0 aromatic heterocycles. The SMILES string of the molecule is CCc1cccc2c1OCC(C)C2NC. The van der Waals surface area contributed by atoms with E-state index in [0.29, 0.717) is 12.0 Å². The molecule has 0 radical (unpaired) electrons. The third-order valence-electron chi connectivity index (χ3n) is 3.21. The van der Waals surface area contributed by atoms with E-state index in [-0.39, 0.29) is 0 Å². The van der Waals surface area contributed by atoms with Crippen molar-refractivity contribution in [2.24, 2.45) is 5.92 Å². The Bertz CT molecular complexity index is 348. The first kappa shape index (κ1) is 10.5. The highest BCUT2D eigenvalue weighted by molar-refractivity contribution is 5.45. The second kappa shape index (κ2) is 4.23. The van der Waals surface area contributed by atoms with Crippen molar-refractivity contribution in [2.75, 3.05) is 13.7 Å². The van der Waals surface area contributed by atoms with E-state index in [2.05, 4.69) is 37.4 Å². The maximum Gasteiger partial charge on any atom is 0.127 e. The quantitative estimate of drug-likeness (QED) is 0.801. The van der Waals surface area contributed by atoms with Gasteiger partial charge in [0.2, 0.25) is 0 Å². The molecule has 1 heterocycles. The second-order valence-corrected chi connectivity index (χ2v) is 4.24. The van der Waals surface area contributed by atoms with E-state index < -0.39 is 0 Å². The van der Waals surface area contributed by atoms with Gasteiger partial charge in [0.1, 0.15) is 5.75 Å². The van der Waals surface area contributed by atoms with Crippen molar-refractivity contribution in [3.05, 3.63) is 29.3 Å². The number of hydrogen-bond donors (Lipinski definition) is 1. The van der Waals surface area contributed by atoms with Crippen LogP contribution in [-0.4, -0.2) is 13.7 Å². The monoisotopic (exact) mass is 205 g/mol. The largest absolute Gasteiger partial charge is 0.493 e. The van der Waals surface area contributed by atoms with Crippen LogP contribution in [0, 0.1) is 5.92 Å². The van der Waals surface area contributed by atoms with Crippen LogP contribution in [0.5, 0.6) is 5.75 Å². The summed E-state index contributed by atoms with van der Waals surface area (Å²) >= 11 is 0. The predicted molar refractivity (Wildman–Crippen MR) is 62.3 cm³/mol. The average Bonchev–Trinajstić information content (AvgIpc) is 2.28. The average molecular weight is 205 g/mol. The first-order valence-electron chi connectivity index (χ1n) is 5.69. The number of aryl methyl sites for hydroxylation is 1. The van der Waals surface area contributed by atoms with Gasteiger partial charge in [0.15, 0.2) is 0 Å². The lowest BCUT2D eigenvalue weighted by Gasteiger charge is -2.32. The number of ether oxygens (including phenoxy) is 1. The van der Waals surface area contributed by atoms with Gasteiger partial charge in [0, 0.05) is 17.5 Å². The van der Waals surface area contributed by atoms with E-state index in [4.69, 9.17) is 4.74 Å². The summed E-state index contributed by atoms with van der Waals surface area (Å²) in [6.45, 7) is 5.21. The molecule has 2 atom stereocenters. The van der Waals surface area contributed by atoms with Crippen molar-refractivity contribution in [1.29, 1.82) is 0 Å². The van der Waals surface area contributed by atoms with Crippen LogP contribution < -0.4 is 10.1 Å². The minimum Gasteiger partial charge on any atom is -0.493 e. The fraction of sp³-hybridized carbons (Fsp3) is 0.538. The first-order valence-corrected chi connectivity index (χ1v) is 5.69. The summed E-state index contributed by atoms with van der Waals surface area (Å²) in [5, 5.41) is 3.38. The maximum absolute atomic E-state index is 5.85. The van der Waals surface area contributed by atoms with E-state index >= 15 is 0 Å². The minimum atomic E-state index is 0.431. The van der Waals surface area contributed by atoms with Gasteiger partial charge in [0.25, 0.3) is 0 Å². The molecule has 0 saturated carbocycles. The number of hydrogen-bond acceptors (Lipinski definition) is 2. The van der Waals surface area contributed by atoms with Crippen LogP contribution in [0.25, 0.3) is 0 Å². The van der Waals surface area contributed by atoms with E-state index in [0.717, 1.165) is 18.8 Å². The maximum atomic E-state index is 5.85. The summed E-state index contributed by atoms with van der Waals surface area (Å²) in [4.78, 5) is 0. The van der Waals surface area contributed by atoms with Crippen LogP contribution in [-0.2, 0) is 6.42 Å². The molecule has 1 aliphatic heterocycles. The third kappa shape index (κ3) is 1.74. The Kier molecular flexibility index (Phi) is 2.96. The van der Waals surface area contributed by atoms with E-state index in [9.17, 15) is 0 Å². The zero-order valence-corrected chi connectivity index (χ0v) is 9.71. The molecule has 1 aromatic rings. The topological polar surface area (TPSA) is 21.3 Å². The Morgan fingerprint density at radius 2 is 2.27 bits per heavy atom. The van der Waals surface area contributed by atoms with E-state index in [1.165, 1.54) is 11.1 Å². The highest BCUT2D eigenvalue weighted by Crippen LogP contribution is 2.37. The fourth-order valence-electron chi connectivity index (χ4n) is 2.36. The molecule has 0 bridgehead atoms. The number of rotatable bonds is 2. The Balaban J connectivity index is 2.45. The Labute approximate surface area is 91.6 Å². The smallest absolute Gasteiger partial charge is 0.127 e. The third-order valence-corrected chi connectivity index (χ3v) is 3.21. The summed E-state index contributed by atoms with van der Waals surface area (Å²) < 4.78 is 5.85. The molecule has 15 heavy (non-hydrogen) atoms. The van der Waals surface area contributed by atoms with Crippen molar-refractivity contribution in [3.63, 3.8) is 0 Å². The molecule has 2 unspecified atom stereocenters. The molecule has 2 heteroatoms. The van der Waals surface area contributed by atoms with Gasteiger partial charge in [-0.3, -0.25) is 0 Å². The van der Waals surface area contributed by atoms with Crippen LogP contribution in [0.15, 0.2) is 18.2 Å². The number of fused-ring (bicyclic) bond motifs is 1. The van der Waals surface area contributed by atoms with Crippen molar-refractivity contribution >= 4 is 0 Å². The molecule has 2 rings (SSSR count). The summed E-state index contributed by atoms with van der Waals surface area (Å²) in [6.07, 6.45) is 1.04. The fourth-order valence-corrected chi connectivity index (χ4v) is 2.36. The normalized spacial score (nSPS) is 24.5. The van der Waals surface area contributed by atoms with Gasteiger partial charge >= 0.3 is 0 Å². The molecule has 0 amide bonds. The lowest BCUT2D eigenvalue weighted by atomic mass is 9.90. The Morgan fingerprint density at radius 1 is 1.47 bits per heavy atom. The summed E-state index contributed by atoms with van der Waals surface area (Å²) in [5.74, 6) is 1.65. The number of benzene rings is 1. The first-order chi connectivity index (χ1) is 7.27. The number of para-hydroxylation sites is 1. The molecule has 0 saturated heterocycles. The molecular formula is C13H19NO. The molecule has 0 spiro atoms. The molecule has 1 aliphatic rings. The van der Waals surface area contributed by atoms with Crippen LogP contribution in [0.4, 0.5) is 0 Å². The highest BCUT2D eigenvalue weighted by Gasteiger charge is 2.27. The highest BCUT2D eigenvalue weighted by atomic mass is 16.5. The molecule has 0 aliphatic carbocycles. The molecular weight excluding hydrogens is 186 g/mol. The van der Waals surface area contributed by atoms with Gasteiger partial charge in [-0.25, -0.2) is 0 Å². The van der Waals surface area contributed by atoms with Crippen molar-refractivity contribution in [2.45, 2.75) is 26.3 Å². The molecule has 82 valence electrons. The van der Waals surface area contributed by atoms with Crippen LogP contribution in [0.2, 0.25) is 0 Å². The summed E-state index contributed by atoms with van der Waals surface area (Å²) in [7, 11) is 2.02. The van der Waals surface area contributed by atoms with Gasteiger partial charge in [-0.2, -0.15) is 0 Å². The summed E-state index contributed by atoms with van der Waals surface area (Å²) in [6, 6.07) is 6.89. The molecule has 1 N–H and O–H groups in total. The van der Waals surface area contributed by atoms with Crippen LogP contribution in [0.3, 0.4) is 0 Å². The molecule has 0 fully saturated rings. The van der Waals surface area contributed by atoms with Crippen LogP contribution in [0.1, 0.15) is 31.0 Å². The van der Waals surface area contributed by atoms with Crippen molar-refractivity contribution < 1.29 is 4.74 Å². The van der Waals surface area contributed by atoms with Gasteiger partial charge < -0.3 is 10.1 Å². The van der Waals surface area contributed by atoms with Crippen molar-refractivity contribution in [1.82, 2.24) is 5.32 Å². The molecule has 1 aromatic carbocycles.